The van der Waals surface area contributed by atoms with E-state index in [2.05, 4.69) is 52.6 Å². The van der Waals surface area contributed by atoms with Gasteiger partial charge in [0.2, 0.25) is 5.91 Å². The smallest absolute Gasteiger partial charge is 0.224 e. The van der Waals surface area contributed by atoms with Crippen LogP contribution < -0.4 is 5.32 Å². The number of ketones is 1. The Morgan fingerprint density at radius 3 is 2.43 bits per heavy atom. The molecule has 28 heavy (non-hydrogen) atoms. The lowest BCUT2D eigenvalue weighted by atomic mass is 9.47. The van der Waals surface area contributed by atoms with Crippen molar-refractivity contribution in [3.8, 4) is 0 Å². The first-order chi connectivity index (χ1) is 13.0. The summed E-state index contributed by atoms with van der Waals surface area (Å²) < 4.78 is 0. The third-order valence-electron chi connectivity index (χ3n) is 8.91. The number of amides is 1. The number of rotatable bonds is 1. The Balaban J connectivity index is 1.61. The average Bonchev–Trinajstić information content (AvgIpc) is 2.94. The van der Waals surface area contributed by atoms with Crippen LogP contribution in [0.2, 0.25) is 0 Å². The molecule has 0 unspecified atom stereocenters. The number of carbonyl (C=O) groups is 2. The summed E-state index contributed by atoms with van der Waals surface area (Å²) in [5.41, 5.74) is 1.44. The predicted octanol–water partition coefficient (Wildman–Crippen LogP) is 5.31. The lowest BCUT2D eigenvalue weighted by Gasteiger charge is -2.58. The van der Waals surface area contributed by atoms with Gasteiger partial charge in [-0.2, -0.15) is 0 Å². The van der Waals surface area contributed by atoms with E-state index in [1.807, 2.05) is 0 Å². The van der Waals surface area contributed by atoms with Crippen molar-refractivity contribution in [3.63, 3.8) is 0 Å². The zero-order chi connectivity index (χ0) is 20.5. The molecule has 6 atom stereocenters. The summed E-state index contributed by atoms with van der Waals surface area (Å²) >= 11 is 4.64. The van der Waals surface area contributed by atoms with Crippen molar-refractivity contribution in [3.05, 3.63) is 10.5 Å². The summed E-state index contributed by atoms with van der Waals surface area (Å²) in [7, 11) is 0. The first-order valence-electron chi connectivity index (χ1n) is 11.3. The SMILES string of the molecule is CC(C)(C)NC(=O)[C@H]1CC[C@H]2[C@@H]3CCC4=C(S)C(=O)CC[C@]4(C)[C@H]3CC[C@]12C. The van der Waals surface area contributed by atoms with Gasteiger partial charge in [-0.3, -0.25) is 9.59 Å². The van der Waals surface area contributed by atoms with E-state index in [9.17, 15) is 9.59 Å². The maximum atomic E-state index is 13.1. The largest absolute Gasteiger partial charge is 0.351 e. The van der Waals surface area contributed by atoms with Crippen molar-refractivity contribution in [1.82, 2.24) is 5.32 Å². The second-order valence-corrected chi connectivity index (χ2v) is 11.9. The molecule has 4 aliphatic carbocycles. The first kappa shape index (κ1) is 20.5. The normalized spacial score (nSPS) is 43.3. The number of fused-ring (bicyclic) bond motifs is 5. The summed E-state index contributed by atoms with van der Waals surface area (Å²) in [6.45, 7) is 11.0. The molecule has 156 valence electrons. The first-order valence-corrected chi connectivity index (χ1v) is 11.7. The maximum absolute atomic E-state index is 13.1. The van der Waals surface area contributed by atoms with Crippen LogP contribution in [-0.2, 0) is 9.59 Å². The van der Waals surface area contributed by atoms with E-state index in [0.29, 0.717) is 24.2 Å². The number of thiol groups is 1. The van der Waals surface area contributed by atoms with Gasteiger partial charge in [0.05, 0.1) is 0 Å². The zero-order valence-electron chi connectivity index (χ0n) is 18.2. The van der Waals surface area contributed by atoms with Gasteiger partial charge in [0.25, 0.3) is 0 Å². The van der Waals surface area contributed by atoms with Gasteiger partial charge in [0.15, 0.2) is 5.78 Å². The molecule has 3 saturated carbocycles. The second kappa shape index (κ2) is 6.62. The molecule has 4 rings (SSSR count). The third kappa shape index (κ3) is 3.00. The Morgan fingerprint density at radius 1 is 1.04 bits per heavy atom. The van der Waals surface area contributed by atoms with Crippen LogP contribution in [0.4, 0.5) is 0 Å². The van der Waals surface area contributed by atoms with Crippen LogP contribution in [0.15, 0.2) is 10.5 Å². The van der Waals surface area contributed by atoms with E-state index in [4.69, 9.17) is 0 Å². The van der Waals surface area contributed by atoms with Crippen LogP contribution in [0.25, 0.3) is 0 Å². The summed E-state index contributed by atoms with van der Waals surface area (Å²) in [6, 6.07) is 0. The second-order valence-electron chi connectivity index (χ2n) is 11.5. The number of nitrogens with one attached hydrogen (secondary N) is 1. The summed E-state index contributed by atoms with van der Waals surface area (Å²) in [5.74, 6) is 2.63. The fourth-order valence-electron chi connectivity index (χ4n) is 7.57. The van der Waals surface area contributed by atoms with Gasteiger partial charge in [0.1, 0.15) is 0 Å². The van der Waals surface area contributed by atoms with Gasteiger partial charge in [-0.1, -0.05) is 13.8 Å². The molecule has 0 saturated heterocycles. The standard InChI is InChI=1S/C24H37NO2S/c1-22(2,3)25-21(27)18-9-8-15-14-6-7-17-20(28)19(26)11-13-23(17,4)16(14)10-12-24(15,18)5/h14-16,18,28H,6-13H2,1-5H3,(H,25,27)/t14-,15-,16-,18+,23+,24-/m0/s1. The van der Waals surface area contributed by atoms with Gasteiger partial charge in [-0.15, -0.1) is 12.6 Å². The molecule has 1 N–H and O–H groups in total. The van der Waals surface area contributed by atoms with Crippen molar-refractivity contribution in [2.75, 3.05) is 0 Å². The highest BCUT2D eigenvalue weighted by atomic mass is 32.1. The van der Waals surface area contributed by atoms with Gasteiger partial charge in [-0.25, -0.2) is 0 Å². The number of Topliss-reactive ketones (excluding diaryl/α,β-unsaturated/α-hetero) is 1. The van der Waals surface area contributed by atoms with E-state index >= 15 is 0 Å². The number of carbonyl (C=O) groups excluding carboxylic acids is 2. The highest BCUT2D eigenvalue weighted by Gasteiger charge is 2.60. The fourth-order valence-corrected chi connectivity index (χ4v) is 8.05. The molecule has 3 nitrogen and oxygen atoms in total. The molecule has 0 bridgehead atoms. The van der Waals surface area contributed by atoms with Crippen LogP contribution in [0.5, 0.6) is 0 Å². The Hall–Kier alpha value is -0.770. The molecule has 0 heterocycles. The molecule has 3 fully saturated rings. The number of hydrogen-bond donors (Lipinski definition) is 2. The summed E-state index contributed by atoms with van der Waals surface area (Å²) in [6.07, 6.45) is 8.37. The van der Waals surface area contributed by atoms with E-state index in [-0.39, 0.29) is 34.0 Å². The molecule has 0 aliphatic heterocycles. The van der Waals surface area contributed by atoms with Crippen molar-refractivity contribution in [1.29, 1.82) is 0 Å². The monoisotopic (exact) mass is 403 g/mol. The number of hydrogen-bond acceptors (Lipinski definition) is 3. The molecule has 0 aromatic carbocycles. The van der Waals surface area contributed by atoms with E-state index in [1.54, 1.807) is 0 Å². The van der Waals surface area contributed by atoms with Gasteiger partial charge < -0.3 is 5.32 Å². The predicted molar refractivity (Wildman–Crippen MR) is 116 cm³/mol. The molecule has 0 aromatic rings. The van der Waals surface area contributed by atoms with Crippen LogP contribution in [0.3, 0.4) is 0 Å². The quantitative estimate of drug-likeness (QED) is 0.583. The van der Waals surface area contributed by atoms with Crippen LogP contribution in [0.1, 0.15) is 86.0 Å². The highest BCUT2D eigenvalue weighted by Crippen LogP contribution is 2.67. The highest BCUT2D eigenvalue weighted by molar-refractivity contribution is 7.85. The van der Waals surface area contributed by atoms with Gasteiger partial charge in [0, 0.05) is 22.8 Å². The molecule has 0 spiro atoms. The van der Waals surface area contributed by atoms with Crippen LogP contribution in [0, 0.1) is 34.5 Å². The van der Waals surface area contributed by atoms with E-state index < -0.39 is 0 Å². The van der Waals surface area contributed by atoms with E-state index in [1.165, 1.54) is 24.8 Å². The zero-order valence-corrected chi connectivity index (χ0v) is 19.1. The van der Waals surface area contributed by atoms with Crippen LogP contribution >= 0.6 is 12.6 Å². The van der Waals surface area contributed by atoms with E-state index in [0.717, 1.165) is 30.6 Å². The number of allylic oxidation sites excluding steroid dienone is 1. The Morgan fingerprint density at radius 2 is 1.75 bits per heavy atom. The van der Waals surface area contributed by atoms with Crippen molar-refractivity contribution >= 4 is 24.3 Å². The maximum Gasteiger partial charge on any atom is 0.224 e. The molecular weight excluding hydrogens is 366 g/mol. The molecule has 4 aliphatic rings. The van der Waals surface area contributed by atoms with Crippen LogP contribution in [-0.4, -0.2) is 17.2 Å². The Labute approximate surface area is 175 Å². The lowest BCUT2D eigenvalue weighted by Crippen LogP contribution is -2.53. The summed E-state index contributed by atoms with van der Waals surface area (Å²) in [4.78, 5) is 26.1. The minimum Gasteiger partial charge on any atom is -0.351 e. The van der Waals surface area contributed by atoms with Crippen molar-refractivity contribution < 1.29 is 9.59 Å². The minimum absolute atomic E-state index is 0.127. The van der Waals surface area contributed by atoms with Gasteiger partial charge in [-0.05, 0) is 99.9 Å². The topological polar surface area (TPSA) is 46.2 Å². The van der Waals surface area contributed by atoms with Gasteiger partial charge >= 0.3 is 0 Å². The molecular formula is C24H37NO2S. The fraction of sp³-hybridized carbons (Fsp3) is 0.833. The third-order valence-corrected chi connectivity index (χ3v) is 9.43. The Kier molecular flexibility index (Phi) is 4.85. The minimum atomic E-state index is -0.168. The summed E-state index contributed by atoms with van der Waals surface area (Å²) in [5, 5.41) is 3.26. The molecule has 1 amide bonds. The molecule has 0 radical (unpaired) electrons. The molecule has 0 aromatic heterocycles. The van der Waals surface area contributed by atoms with Crippen molar-refractivity contribution in [2.24, 2.45) is 34.5 Å². The lowest BCUT2D eigenvalue weighted by molar-refractivity contribution is -0.134. The molecule has 4 heteroatoms. The van der Waals surface area contributed by atoms with Crippen molar-refractivity contribution in [2.45, 2.75) is 91.5 Å². The Bertz CT molecular complexity index is 735. The average molecular weight is 404 g/mol.